The first-order chi connectivity index (χ1) is 16.0. The summed E-state index contributed by atoms with van der Waals surface area (Å²) in [6, 6.07) is 22.7. The molecule has 0 radical (unpaired) electrons. The summed E-state index contributed by atoms with van der Waals surface area (Å²) in [6.07, 6.45) is -1.98. The molecule has 0 aliphatic heterocycles. The number of rotatable bonds is 8. The van der Waals surface area contributed by atoms with Crippen LogP contribution >= 0.6 is 23.4 Å². The van der Waals surface area contributed by atoms with Crippen LogP contribution in [0.25, 0.3) is 5.69 Å². The number of anilines is 1. The molecule has 0 spiro atoms. The molecule has 1 amide bonds. The van der Waals surface area contributed by atoms with E-state index in [0.29, 0.717) is 22.3 Å². The third-order valence-corrected chi connectivity index (χ3v) is 5.95. The maximum Gasteiger partial charge on any atom is 0.263 e. The molecule has 0 fully saturated rings. The number of nitrogens with one attached hydrogen (secondary N) is 1. The standard InChI is InChI=1S/C24H19ClF2N4OS/c25-18-8-12-20(13-9-18)31-21(14-16-4-2-1-3-5-16)29-30-24(31)33-15-22(32)28-19-10-6-17(7-11-19)23(26)27/h1-13,23H,14-15H2,(H,28,32). The van der Waals surface area contributed by atoms with Crippen molar-refractivity contribution in [2.45, 2.75) is 18.0 Å². The third kappa shape index (κ3) is 5.97. The van der Waals surface area contributed by atoms with Gasteiger partial charge in [-0.2, -0.15) is 0 Å². The highest BCUT2D eigenvalue weighted by atomic mass is 35.5. The van der Waals surface area contributed by atoms with E-state index in [1.807, 2.05) is 47.0 Å². The van der Waals surface area contributed by atoms with Gasteiger partial charge in [0.2, 0.25) is 5.91 Å². The molecule has 0 saturated heterocycles. The highest BCUT2D eigenvalue weighted by Crippen LogP contribution is 2.25. The number of carbonyl (C=O) groups excluding carboxylic acids is 1. The fourth-order valence-corrected chi connectivity index (χ4v) is 4.07. The van der Waals surface area contributed by atoms with Crippen molar-refractivity contribution >= 4 is 35.0 Å². The van der Waals surface area contributed by atoms with Gasteiger partial charge in [0.05, 0.1) is 5.75 Å². The van der Waals surface area contributed by atoms with E-state index in [1.54, 1.807) is 12.1 Å². The minimum atomic E-state index is -2.55. The Hall–Kier alpha value is -3.23. The lowest BCUT2D eigenvalue weighted by Crippen LogP contribution is -2.14. The molecular formula is C24H19ClF2N4OS. The molecule has 4 aromatic rings. The van der Waals surface area contributed by atoms with Crippen LogP contribution in [0.3, 0.4) is 0 Å². The van der Waals surface area contributed by atoms with E-state index in [4.69, 9.17) is 11.6 Å². The smallest absolute Gasteiger partial charge is 0.263 e. The monoisotopic (exact) mass is 484 g/mol. The van der Waals surface area contributed by atoms with Crippen molar-refractivity contribution in [3.8, 4) is 5.69 Å². The number of benzene rings is 3. The number of thioether (sulfide) groups is 1. The first kappa shape index (κ1) is 22.9. The predicted molar refractivity (Wildman–Crippen MR) is 126 cm³/mol. The van der Waals surface area contributed by atoms with Gasteiger partial charge >= 0.3 is 0 Å². The van der Waals surface area contributed by atoms with Crippen LogP contribution in [-0.2, 0) is 11.2 Å². The van der Waals surface area contributed by atoms with Crippen LogP contribution in [0.5, 0.6) is 0 Å². The predicted octanol–water partition coefficient (Wildman–Crippen LogP) is 6.18. The maximum atomic E-state index is 12.7. The molecule has 1 heterocycles. The molecule has 0 unspecified atom stereocenters. The summed E-state index contributed by atoms with van der Waals surface area (Å²) >= 11 is 7.29. The van der Waals surface area contributed by atoms with Crippen molar-refractivity contribution < 1.29 is 13.6 Å². The van der Waals surface area contributed by atoms with Crippen LogP contribution in [0.1, 0.15) is 23.4 Å². The van der Waals surface area contributed by atoms with Crippen molar-refractivity contribution in [1.82, 2.24) is 14.8 Å². The molecule has 9 heteroatoms. The maximum absolute atomic E-state index is 12.7. The number of hydrogen-bond donors (Lipinski definition) is 1. The number of amides is 1. The molecule has 5 nitrogen and oxygen atoms in total. The topological polar surface area (TPSA) is 59.8 Å². The van der Waals surface area contributed by atoms with Crippen LogP contribution in [0.2, 0.25) is 5.02 Å². The van der Waals surface area contributed by atoms with Gasteiger partial charge in [0.15, 0.2) is 5.16 Å². The second kappa shape index (κ2) is 10.6. The molecular weight excluding hydrogens is 466 g/mol. The second-order valence-electron chi connectivity index (χ2n) is 7.13. The van der Waals surface area contributed by atoms with Crippen molar-refractivity contribution in [3.63, 3.8) is 0 Å². The molecule has 1 N–H and O–H groups in total. The van der Waals surface area contributed by atoms with Gasteiger partial charge in [0, 0.05) is 28.4 Å². The van der Waals surface area contributed by atoms with Crippen molar-refractivity contribution in [1.29, 1.82) is 0 Å². The van der Waals surface area contributed by atoms with Gasteiger partial charge in [-0.1, -0.05) is 65.8 Å². The lowest BCUT2D eigenvalue weighted by atomic mass is 10.1. The van der Waals surface area contributed by atoms with Gasteiger partial charge in [-0.15, -0.1) is 10.2 Å². The summed E-state index contributed by atoms with van der Waals surface area (Å²) < 4.78 is 27.3. The first-order valence-corrected chi connectivity index (χ1v) is 11.4. The molecule has 168 valence electrons. The zero-order chi connectivity index (χ0) is 23.2. The number of aromatic nitrogens is 3. The Balaban J connectivity index is 1.50. The minimum absolute atomic E-state index is 0.0770. The number of nitrogens with zero attached hydrogens (tertiary/aromatic N) is 3. The lowest BCUT2D eigenvalue weighted by molar-refractivity contribution is -0.113. The van der Waals surface area contributed by atoms with E-state index in [2.05, 4.69) is 15.5 Å². The van der Waals surface area contributed by atoms with Gasteiger partial charge in [-0.3, -0.25) is 9.36 Å². The highest BCUT2D eigenvalue weighted by molar-refractivity contribution is 7.99. The Bertz CT molecular complexity index is 1220. The molecule has 0 aliphatic rings. The SMILES string of the molecule is O=C(CSc1nnc(Cc2ccccc2)n1-c1ccc(Cl)cc1)Nc1ccc(C(F)F)cc1. The zero-order valence-corrected chi connectivity index (χ0v) is 18.9. The van der Waals surface area contributed by atoms with Crippen LogP contribution in [0.4, 0.5) is 14.5 Å². The van der Waals surface area contributed by atoms with Crippen molar-refractivity contribution in [2.24, 2.45) is 0 Å². The highest BCUT2D eigenvalue weighted by Gasteiger charge is 2.17. The van der Waals surface area contributed by atoms with E-state index < -0.39 is 6.43 Å². The summed E-state index contributed by atoms with van der Waals surface area (Å²) in [5.74, 6) is 0.530. The summed E-state index contributed by atoms with van der Waals surface area (Å²) in [5.41, 5.74) is 2.28. The summed E-state index contributed by atoms with van der Waals surface area (Å²) in [6.45, 7) is 0. The summed E-state index contributed by atoms with van der Waals surface area (Å²) in [4.78, 5) is 12.4. The number of alkyl halides is 2. The second-order valence-corrected chi connectivity index (χ2v) is 8.51. The molecule has 0 aliphatic carbocycles. The molecule has 0 bridgehead atoms. The summed E-state index contributed by atoms with van der Waals surface area (Å²) in [7, 11) is 0. The van der Waals surface area contributed by atoms with Gasteiger partial charge in [-0.25, -0.2) is 8.78 Å². The Morgan fingerprint density at radius 3 is 2.33 bits per heavy atom. The van der Waals surface area contributed by atoms with Crippen molar-refractivity contribution in [2.75, 3.05) is 11.1 Å². The van der Waals surface area contributed by atoms with Gasteiger partial charge < -0.3 is 5.32 Å². The molecule has 3 aromatic carbocycles. The van der Waals surface area contributed by atoms with Crippen LogP contribution in [0, 0.1) is 0 Å². The Morgan fingerprint density at radius 1 is 0.970 bits per heavy atom. The molecule has 4 rings (SSSR count). The zero-order valence-electron chi connectivity index (χ0n) is 17.3. The number of carbonyl (C=O) groups is 1. The lowest BCUT2D eigenvalue weighted by Gasteiger charge is -2.11. The fourth-order valence-electron chi connectivity index (χ4n) is 3.18. The molecule has 0 atom stereocenters. The average Bonchev–Trinajstić information content (AvgIpc) is 3.21. The molecule has 33 heavy (non-hydrogen) atoms. The minimum Gasteiger partial charge on any atom is -0.325 e. The number of halogens is 3. The third-order valence-electron chi connectivity index (χ3n) is 4.77. The van der Waals surface area contributed by atoms with Crippen LogP contribution in [0.15, 0.2) is 84.0 Å². The van der Waals surface area contributed by atoms with Crippen LogP contribution in [-0.4, -0.2) is 26.4 Å². The average molecular weight is 485 g/mol. The van der Waals surface area contributed by atoms with E-state index in [-0.39, 0.29) is 17.2 Å². The van der Waals surface area contributed by atoms with Gasteiger partial charge in [0.25, 0.3) is 6.43 Å². The Labute approximate surface area is 198 Å². The van der Waals surface area contributed by atoms with E-state index in [0.717, 1.165) is 17.1 Å². The fraction of sp³-hybridized carbons (Fsp3) is 0.125. The van der Waals surface area contributed by atoms with E-state index >= 15 is 0 Å². The summed E-state index contributed by atoms with van der Waals surface area (Å²) in [5, 5.41) is 12.5. The van der Waals surface area contributed by atoms with Crippen LogP contribution < -0.4 is 5.32 Å². The quantitative estimate of drug-likeness (QED) is 0.303. The Morgan fingerprint density at radius 2 is 1.67 bits per heavy atom. The van der Waals surface area contributed by atoms with Crippen molar-refractivity contribution in [3.05, 3.63) is 101 Å². The van der Waals surface area contributed by atoms with E-state index in [9.17, 15) is 13.6 Å². The van der Waals surface area contributed by atoms with E-state index in [1.165, 1.54) is 36.0 Å². The number of hydrogen-bond acceptors (Lipinski definition) is 4. The largest absolute Gasteiger partial charge is 0.325 e. The normalized spacial score (nSPS) is 11.0. The Kier molecular flexibility index (Phi) is 7.36. The first-order valence-electron chi connectivity index (χ1n) is 10.0. The molecule has 1 aromatic heterocycles. The van der Waals surface area contributed by atoms with Gasteiger partial charge in [0.1, 0.15) is 5.82 Å². The van der Waals surface area contributed by atoms with Gasteiger partial charge in [-0.05, 0) is 42.0 Å². The molecule has 0 saturated carbocycles.